The second kappa shape index (κ2) is 7.03. The normalized spacial score (nSPS) is 23.0. The van der Waals surface area contributed by atoms with E-state index in [2.05, 4.69) is 9.88 Å². The monoisotopic (exact) mass is 354 g/mol. The number of carbonyl (C=O) groups excluding carboxylic acids is 1. The highest BCUT2D eigenvalue weighted by Gasteiger charge is 2.37. The number of halogens is 1. The van der Waals surface area contributed by atoms with Crippen LogP contribution in [0.5, 0.6) is 0 Å². The third kappa shape index (κ3) is 3.55. The molecule has 3 aliphatic heterocycles. The Balaban J connectivity index is 1.49. The Kier molecular flexibility index (Phi) is 4.59. The molecule has 0 saturated carbocycles. The van der Waals surface area contributed by atoms with Gasteiger partial charge in [0.05, 0.1) is 0 Å². The summed E-state index contributed by atoms with van der Waals surface area (Å²) in [6.45, 7) is 3.39. The van der Waals surface area contributed by atoms with E-state index in [9.17, 15) is 9.18 Å². The molecule has 3 aliphatic rings. The zero-order chi connectivity index (χ0) is 18.1. The van der Waals surface area contributed by atoms with E-state index < -0.39 is 0 Å². The Morgan fingerprint density at radius 2 is 1.96 bits per heavy atom. The quantitative estimate of drug-likeness (QED) is 0.920. The van der Waals surface area contributed by atoms with Gasteiger partial charge in [-0.05, 0) is 48.6 Å². The van der Waals surface area contributed by atoms with Crippen LogP contribution in [-0.4, -0.2) is 46.4 Å². The Morgan fingerprint density at radius 1 is 1.15 bits per heavy atom. The summed E-state index contributed by atoms with van der Waals surface area (Å²) in [5.74, 6) is 0.668. The molecule has 5 nitrogen and oxygen atoms in total. The standard InChI is InChI=1S/C20H23FN4O/c21-17-4-1-14(2-5-17)10-24-11-15-3-6-18(13-24)25(12-15)20(26)16-7-8-23-19(22)9-16/h1-2,4-5,7-9,15,18H,3,6,10-13H2,(H2,22,23)/t15-,18+/m0/s1. The first-order chi connectivity index (χ1) is 12.6. The SMILES string of the molecule is Nc1cc(C(=O)N2C[C@H]3CC[C@@H]2CN(Cc2ccc(F)cc2)C3)ccn1. The van der Waals surface area contributed by atoms with Gasteiger partial charge in [-0.3, -0.25) is 9.69 Å². The summed E-state index contributed by atoms with van der Waals surface area (Å²) in [6, 6.07) is 10.3. The third-order valence-corrected chi connectivity index (χ3v) is 5.40. The van der Waals surface area contributed by atoms with E-state index in [0.29, 0.717) is 17.3 Å². The lowest BCUT2D eigenvalue weighted by Gasteiger charge is -2.36. The van der Waals surface area contributed by atoms with E-state index in [1.807, 2.05) is 17.0 Å². The lowest BCUT2D eigenvalue weighted by molar-refractivity contribution is 0.0585. The highest BCUT2D eigenvalue weighted by molar-refractivity contribution is 5.95. The molecule has 0 unspecified atom stereocenters. The van der Waals surface area contributed by atoms with E-state index in [0.717, 1.165) is 44.6 Å². The second-order valence-corrected chi connectivity index (χ2v) is 7.34. The number of nitrogen functional groups attached to an aromatic ring is 1. The summed E-state index contributed by atoms with van der Waals surface area (Å²) in [7, 11) is 0. The molecule has 1 aromatic heterocycles. The summed E-state index contributed by atoms with van der Waals surface area (Å²) in [5, 5.41) is 0. The molecule has 2 N–H and O–H groups in total. The van der Waals surface area contributed by atoms with Crippen LogP contribution in [0.15, 0.2) is 42.6 Å². The highest BCUT2D eigenvalue weighted by atomic mass is 19.1. The fourth-order valence-electron chi connectivity index (χ4n) is 4.15. The molecule has 0 aliphatic carbocycles. The predicted octanol–water partition coefficient (Wildman–Crippen LogP) is 2.54. The van der Waals surface area contributed by atoms with Crippen molar-refractivity contribution >= 4 is 11.7 Å². The summed E-state index contributed by atoms with van der Waals surface area (Å²) in [5.41, 5.74) is 7.45. The van der Waals surface area contributed by atoms with Gasteiger partial charge < -0.3 is 10.6 Å². The Hall–Kier alpha value is -2.47. The number of amides is 1. The average Bonchev–Trinajstić information content (AvgIpc) is 2.93. The number of nitrogens with two attached hydrogens (primary N) is 1. The number of benzene rings is 1. The topological polar surface area (TPSA) is 62.5 Å². The Labute approximate surface area is 152 Å². The maximum absolute atomic E-state index is 13.1. The van der Waals surface area contributed by atoms with Gasteiger partial charge >= 0.3 is 0 Å². The zero-order valence-corrected chi connectivity index (χ0v) is 14.6. The van der Waals surface area contributed by atoms with Gasteiger partial charge in [-0.1, -0.05) is 12.1 Å². The fourth-order valence-corrected chi connectivity index (χ4v) is 4.15. The summed E-state index contributed by atoms with van der Waals surface area (Å²) in [4.78, 5) is 21.4. The molecule has 6 heteroatoms. The molecule has 2 aromatic rings. The number of hydrogen-bond donors (Lipinski definition) is 1. The summed E-state index contributed by atoms with van der Waals surface area (Å²) >= 11 is 0. The van der Waals surface area contributed by atoms with E-state index in [-0.39, 0.29) is 17.8 Å². The van der Waals surface area contributed by atoms with E-state index >= 15 is 0 Å². The van der Waals surface area contributed by atoms with Crippen molar-refractivity contribution in [2.45, 2.75) is 25.4 Å². The highest BCUT2D eigenvalue weighted by Crippen LogP contribution is 2.30. The minimum atomic E-state index is -0.210. The Bertz CT molecular complexity index is 795. The van der Waals surface area contributed by atoms with Crippen LogP contribution < -0.4 is 5.73 Å². The number of rotatable bonds is 3. The van der Waals surface area contributed by atoms with E-state index in [4.69, 9.17) is 5.73 Å². The van der Waals surface area contributed by atoms with Crippen LogP contribution in [0.25, 0.3) is 0 Å². The van der Waals surface area contributed by atoms with Gasteiger partial charge in [0, 0.05) is 44.0 Å². The largest absolute Gasteiger partial charge is 0.384 e. The summed E-state index contributed by atoms with van der Waals surface area (Å²) in [6.07, 6.45) is 3.75. The number of nitrogens with zero attached hydrogens (tertiary/aromatic N) is 3. The molecule has 26 heavy (non-hydrogen) atoms. The first-order valence-electron chi connectivity index (χ1n) is 9.08. The maximum Gasteiger partial charge on any atom is 0.254 e. The molecule has 0 radical (unpaired) electrons. The van der Waals surface area contributed by atoms with Crippen molar-refractivity contribution < 1.29 is 9.18 Å². The van der Waals surface area contributed by atoms with Crippen LogP contribution in [0, 0.1) is 11.7 Å². The molecule has 5 rings (SSSR count). The van der Waals surface area contributed by atoms with Gasteiger partial charge in [-0.2, -0.15) is 0 Å². The van der Waals surface area contributed by atoms with Crippen molar-refractivity contribution in [1.82, 2.24) is 14.8 Å². The zero-order valence-electron chi connectivity index (χ0n) is 14.6. The van der Waals surface area contributed by atoms with Crippen molar-refractivity contribution in [2.24, 2.45) is 5.92 Å². The number of fused-ring (bicyclic) bond motifs is 4. The first kappa shape index (κ1) is 17.0. The second-order valence-electron chi connectivity index (χ2n) is 7.34. The molecule has 3 saturated heterocycles. The van der Waals surface area contributed by atoms with Crippen LogP contribution in [0.4, 0.5) is 10.2 Å². The van der Waals surface area contributed by atoms with Crippen LogP contribution in [0.3, 0.4) is 0 Å². The van der Waals surface area contributed by atoms with Crippen molar-refractivity contribution in [1.29, 1.82) is 0 Å². The maximum atomic E-state index is 13.1. The van der Waals surface area contributed by atoms with Gasteiger partial charge in [-0.15, -0.1) is 0 Å². The minimum absolute atomic E-state index is 0.0393. The molecular formula is C20H23FN4O. The van der Waals surface area contributed by atoms with Gasteiger partial charge in [0.25, 0.3) is 5.91 Å². The molecule has 3 fully saturated rings. The Morgan fingerprint density at radius 3 is 2.73 bits per heavy atom. The average molecular weight is 354 g/mol. The fraction of sp³-hybridized carbons (Fsp3) is 0.400. The number of piperidine rings is 1. The lowest BCUT2D eigenvalue weighted by atomic mass is 9.94. The van der Waals surface area contributed by atoms with Crippen molar-refractivity contribution in [3.05, 3.63) is 59.5 Å². The molecular weight excluding hydrogens is 331 g/mol. The van der Waals surface area contributed by atoms with Crippen molar-refractivity contribution in [3.8, 4) is 0 Å². The number of aromatic nitrogens is 1. The van der Waals surface area contributed by atoms with Crippen LogP contribution in [-0.2, 0) is 6.54 Å². The third-order valence-electron chi connectivity index (χ3n) is 5.40. The predicted molar refractivity (Wildman–Crippen MR) is 97.9 cm³/mol. The number of carbonyl (C=O) groups is 1. The molecule has 1 amide bonds. The summed E-state index contributed by atoms with van der Waals surface area (Å²) < 4.78 is 13.1. The molecule has 2 atom stereocenters. The molecule has 136 valence electrons. The van der Waals surface area contributed by atoms with Gasteiger partial charge in [-0.25, -0.2) is 9.37 Å². The number of hydrogen-bond acceptors (Lipinski definition) is 4. The first-order valence-corrected chi connectivity index (χ1v) is 9.08. The van der Waals surface area contributed by atoms with E-state index in [1.54, 1.807) is 18.3 Å². The number of pyridine rings is 1. The smallest absolute Gasteiger partial charge is 0.254 e. The molecule has 1 aromatic carbocycles. The lowest BCUT2D eigenvalue weighted by Crippen LogP contribution is -2.47. The minimum Gasteiger partial charge on any atom is -0.384 e. The van der Waals surface area contributed by atoms with Crippen molar-refractivity contribution in [2.75, 3.05) is 25.4 Å². The molecule has 4 heterocycles. The van der Waals surface area contributed by atoms with Gasteiger partial charge in [0.2, 0.25) is 0 Å². The van der Waals surface area contributed by atoms with Crippen molar-refractivity contribution in [3.63, 3.8) is 0 Å². The van der Waals surface area contributed by atoms with Crippen LogP contribution >= 0.6 is 0 Å². The van der Waals surface area contributed by atoms with E-state index in [1.165, 1.54) is 12.1 Å². The van der Waals surface area contributed by atoms with Gasteiger partial charge in [0.15, 0.2) is 0 Å². The molecule has 0 spiro atoms. The van der Waals surface area contributed by atoms with Crippen LogP contribution in [0.2, 0.25) is 0 Å². The van der Waals surface area contributed by atoms with Crippen LogP contribution in [0.1, 0.15) is 28.8 Å². The number of anilines is 1. The molecule has 2 bridgehead atoms. The van der Waals surface area contributed by atoms with Gasteiger partial charge in [0.1, 0.15) is 11.6 Å².